The summed E-state index contributed by atoms with van der Waals surface area (Å²) in [5.74, 6) is 0. The summed E-state index contributed by atoms with van der Waals surface area (Å²) in [5.41, 5.74) is 1.11. The van der Waals surface area contributed by atoms with Crippen LogP contribution < -0.4 is 0 Å². The van der Waals surface area contributed by atoms with Crippen molar-refractivity contribution in [1.82, 2.24) is 0 Å². The van der Waals surface area contributed by atoms with Crippen molar-refractivity contribution in [2.75, 3.05) is 6.61 Å². The van der Waals surface area contributed by atoms with Gasteiger partial charge in [0.05, 0.1) is 6.61 Å². The fourth-order valence-electron chi connectivity index (χ4n) is 1.11. The molecule has 2 nitrogen and oxygen atoms in total. The first kappa shape index (κ1) is 11.8. The number of hydrogen-bond donors (Lipinski definition) is 0. The maximum absolute atomic E-state index is 9.71. The standard InChI is InChI=1S/C12H12ClO2/c13-12-7-5-11(6-8-12)4-2-1-3-9-15-10-14/h2,4-8H,1,3,9H2/b4-2+. The van der Waals surface area contributed by atoms with Gasteiger partial charge in [-0.15, -0.1) is 0 Å². The van der Waals surface area contributed by atoms with E-state index in [9.17, 15) is 4.79 Å². The molecular weight excluding hydrogens is 212 g/mol. The van der Waals surface area contributed by atoms with Crippen molar-refractivity contribution < 1.29 is 9.53 Å². The van der Waals surface area contributed by atoms with Crippen LogP contribution in [0.15, 0.2) is 30.3 Å². The third-order valence-electron chi connectivity index (χ3n) is 1.86. The minimum atomic E-state index is 0.425. The summed E-state index contributed by atoms with van der Waals surface area (Å²) in [7, 11) is 0. The summed E-state index contributed by atoms with van der Waals surface area (Å²) in [6, 6.07) is 7.61. The Hall–Kier alpha value is -1.28. The van der Waals surface area contributed by atoms with Crippen LogP contribution in [0.3, 0.4) is 0 Å². The van der Waals surface area contributed by atoms with Crippen molar-refractivity contribution in [2.24, 2.45) is 0 Å². The van der Waals surface area contributed by atoms with Gasteiger partial charge in [0.2, 0.25) is 0 Å². The molecule has 1 aromatic rings. The number of hydrogen-bond acceptors (Lipinski definition) is 2. The van der Waals surface area contributed by atoms with E-state index >= 15 is 0 Å². The molecule has 0 aromatic heterocycles. The van der Waals surface area contributed by atoms with Gasteiger partial charge in [-0.1, -0.05) is 35.9 Å². The second-order valence-corrected chi connectivity index (χ2v) is 3.46. The topological polar surface area (TPSA) is 26.3 Å². The van der Waals surface area contributed by atoms with Crippen molar-refractivity contribution in [1.29, 1.82) is 0 Å². The Morgan fingerprint density at radius 1 is 1.33 bits per heavy atom. The Morgan fingerprint density at radius 2 is 2.07 bits per heavy atom. The van der Waals surface area contributed by atoms with E-state index in [1.54, 1.807) is 0 Å². The summed E-state index contributed by atoms with van der Waals surface area (Å²) >= 11 is 5.75. The van der Waals surface area contributed by atoms with Gasteiger partial charge in [0, 0.05) is 5.02 Å². The van der Waals surface area contributed by atoms with Crippen LogP contribution in [-0.4, -0.2) is 13.1 Å². The van der Waals surface area contributed by atoms with E-state index in [0.29, 0.717) is 6.61 Å². The molecule has 0 saturated carbocycles. The van der Waals surface area contributed by atoms with E-state index in [4.69, 9.17) is 11.6 Å². The molecule has 0 aliphatic heterocycles. The van der Waals surface area contributed by atoms with Crippen LogP contribution in [0.5, 0.6) is 0 Å². The molecule has 0 aliphatic carbocycles. The molecule has 0 fully saturated rings. The molecule has 0 aliphatic rings. The molecule has 3 heteroatoms. The van der Waals surface area contributed by atoms with Gasteiger partial charge < -0.3 is 4.74 Å². The van der Waals surface area contributed by atoms with Crippen LogP contribution in [0.2, 0.25) is 5.02 Å². The lowest BCUT2D eigenvalue weighted by Gasteiger charge is -1.95. The lowest BCUT2D eigenvalue weighted by Crippen LogP contribution is -1.89. The maximum Gasteiger partial charge on any atom is 0.417 e. The highest BCUT2D eigenvalue weighted by Gasteiger charge is 1.88. The third kappa shape index (κ3) is 5.23. The highest BCUT2D eigenvalue weighted by molar-refractivity contribution is 6.30. The Labute approximate surface area is 94.5 Å². The van der Waals surface area contributed by atoms with Crippen molar-refractivity contribution >= 4 is 24.1 Å². The Bertz CT molecular complexity index is 317. The van der Waals surface area contributed by atoms with Crippen molar-refractivity contribution in [3.8, 4) is 0 Å². The van der Waals surface area contributed by atoms with Gasteiger partial charge in [-0.05, 0) is 30.5 Å². The van der Waals surface area contributed by atoms with Gasteiger partial charge in [0.15, 0.2) is 0 Å². The van der Waals surface area contributed by atoms with E-state index in [2.05, 4.69) is 4.74 Å². The second-order valence-electron chi connectivity index (χ2n) is 3.03. The molecule has 0 amide bonds. The van der Waals surface area contributed by atoms with Gasteiger partial charge in [0.1, 0.15) is 0 Å². The molecule has 0 spiro atoms. The number of rotatable bonds is 6. The normalized spacial score (nSPS) is 10.5. The second kappa shape index (κ2) is 7.07. The highest BCUT2D eigenvalue weighted by Crippen LogP contribution is 2.10. The Kier molecular flexibility index (Phi) is 5.56. The van der Waals surface area contributed by atoms with E-state index in [-0.39, 0.29) is 0 Å². The summed E-state index contributed by atoms with van der Waals surface area (Å²) in [6.45, 7) is 1.82. The van der Waals surface area contributed by atoms with Gasteiger partial charge in [-0.2, -0.15) is 0 Å². The average Bonchev–Trinajstić information content (AvgIpc) is 2.26. The van der Waals surface area contributed by atoms with Gasteiger partial charge in [-0.25, -0.2) is 4.79 Å². The van der Waals surface area contributed by atoms with Gasteiger partial charge in [-0.3, -0.25) is 0 Å². The first-order valence-corrected chi connectivity index (χ1v) is 5.12. The van der Waals surface area contributed by atoms with Crippen LogP contribution in [0, 0.1) is 0 Å². The number of halogens is 1. The van der Waals surface area contributed by atoms with Crippen molar-refractivity contribution in [2.45, 2.75) is 12.8 Å². The quantitative estimate of drug-likeness (QED) is 0.693. The molecule has 0 N–H and O–H groups in total. The first-order valence-electron chi connectivity index (χ1n) is 4.74. The number of carbonyl (C=O) groups excluding carboxylic acids is 1. The predicted octanol–water partition coefficient (Wildman–Crippen LogP) is 3.22. The zero-order valence-corrected chi connectivity index (χ0v) is 9.04. The van der Waals surface area contributed by atoms with Crippen molar-refractivity contribution in [3.63, 3.8) is 0 Å². The van der Waals surface area contributed by atoms with E-state index < -0.39 is 0 Å². The molecule has 0 saturated heterocycles. The number of benzene rings is 1. The van der Waals surface area contributed by atoms with Crippen LogP contribution in [-0.2, 0) is 9.53 Å². The minimum Gasteiger partial charge on any atom is -0.457 e. The Balaban J connectivity index is 2.25. The maximum atomic E-state index is 9.71. The van der Waals surface area contributed by atoms with Crippen LogP contribution >= 0.6 is 11.6 Å². The molecule has 1 aromatic carbocycles. The molecule has 79 valence electrons. The predicted molar refractivity (Wildman–Crippen MR) is 61.4 cm³/mol. The molecule has 15 heavy (non-hydrogen) atoms. The third-order valence-corrected chi connectivity index (χ3v) is 2.11. The fraction of sp³-hybridized carbons (Fsp3) is 0.250. The molecule has 1 rings (SSSR count). The SMILES string of the molecule is O=[C]OCCC/C=C/c1ccc(Cl)cc1. The molecule has 0 unspecified atom stereocenters. The van der Waals surface area contributed by atoms with E-state index in [0.717, 1.165) is 23.4 Å². The minimum absolute atomic E-state index is 0.425. The smallest absolute Gasteiger partial charge is 0.417 e. The largest absolute Gasteiger partial charge is 0.457 e. The van der Waals surface area contributed by atoms with Gasteiger partial charge in [0.25, 0.3) is 0 Å². The molecule has 0 bridgehead atoms. The van der Waals surface area contributed by atoms with Gasteiger partial charge >= 0.3 is 6.47 Å². The summed E-state index contributed by atoms with van der Waals surface area (Å²) in [4.78, 5) is 9.71. The first-order chi connectivity index (χ1) is 7.33. The van der Waals surface area contributed by atoms with Crippen LogP contribution in [0.25, 0.3) is 6.08 Å². The highest BCUT2D eigenvalue weighted by atomic mass is 35.5. The number of ether oxygens (including phenoxy) is 1. The average molecular weight is 224 g/mol. The lowest BCUT2D eigenvalue weighted by molar-refractivity contribution is 0.274. The summed E-state index contributed by atoms with van der Waals surface area (Å²) in [5, 5.41) is 0.738. The van der Waals surface area contributed by atoms with Crippen molar-refractivity contribution in [3.05, 3.63) is 40.9 Å². The number of unbranched alkanes of at least 4 members (excludes halogenated alkanes) is 1. The fourth-order valence-corrected chi connectivity index (χ4v) is 1.23. The molecule has 0 atom stereocenters. The molecular formula is C12H12ClO2. The Morgan fingerprint density at radius 3 is 2.73 bits per heavy atom. The zero-order valence-electron chi connectivity index (χ0n) is 8.28. The van der Waals surface area contributed by atoms with Crippen LogP contribution in [0.4, 0.5) is 0 Å². The van der Waals surface area contributed by atoms with E-state index in [1.807, 2.05) is 36.4 Å². The summed E-state index contributed by atoms with van der Waals surface area (Å²) in [6.07, 6.45) is 5.75. The monoisotopic (exact) mass is 223 g/mol. The molecule has 1 radical (unpaired) electrons. The van der Waals surface area contributed by atoms with E-state index in [1.165, 1.54) is 6.47 Å². The molecule has 0 heterocycles. The zero-order chi connectivity index (χ0) is 10.9. The van der Waals surface area contributed by atoms with Crippen LogP contribution in [0.1, 0.15) is 18.4 Å². The lowest BCUT2D eigenvalue weighted by atomic mass is 10.2. The summed E-state index contributed by atoms with van der Waals surface area (Å²) < 4.78 is 4.44. The number of allylic oxidation sites excluding steroid dienone is 1.